The molecule has 0 radical (unpaired) electrons. The Kier molecular flexibility index (Phi) is 5.17. The standard InChI is InChI=1S/C21H28FN3O2/c1-2-23-10-4-5-16(23)13-25-14-19-17(6-3-7-18(19)21(25)27)20(26)24-11-8-15(22)9-12-24/h3,6-7,15-16H,2,4-5,8-14H2,1H3/t16-/m0/s1. The van der Waals surface area contributed by atoms with Crippen LogP contribution in [0.3, 0.4) is 0 Å². The Morgan fingerprint density at radius 2 is 1.96 bits per heavy atom. The van der Waals surface area contributed by atoms with Crippen LogP contribution in [0.2, 0.25) is 0 Å². The van der Waals surface area contributed by atoms with Crippen LogP contribution in [0.25, 0.3) is 0 Å². The molecule has 27 heavy (non-hydrogen) atoms. The van der Waals surface area contributed by atoms with E-state index < -0.39 is 6.17 Å². The van der Waals surface area contributed by atoms with Crippen molar-refractivity contribution in [3.05, 3.63) is 34.9 Å². The van der Waals surface area contributed by atoms with Gasteiger partial charge in [-0.25, -0.2) is 4.39 Å². The van der Waals surface area contributed by atoms with Gasteiger partial charge in [-0.15, -0.1) is 0 Å². The fourth-order valence-corrected chi connectivity index (χ4v) is 4.73. The molecule has 5 nitrogen and oxygen atoms in total. The summed E-state index contributed by atoms with van der Waals surface area (Å²) in [5.74, 6) is -0.0329. The first kappa shape index (κ1) is 18.4. The van der Waals surface area contributed by atoms with Gasteiger partial charge in [-0.05, 0) is 56.5 Å². The highest BCUT2D eigenvalue weighted by atomic mass is 19.1. The summed E-state index contributed by atoms with van der Waals surface area (Å²) in [6.07, 6.45) is 2.31. The van der Waals surface area contributed by atoms with Crippen molar-refractivity contribution in [2.45, 2.75) is 51.4 Å². The van der Waals surface area contributed by atoms with Crippen molar-refractivity contribution < 1.29 is 14.0 Å². The van der Waals surface area contributed by atoms with Crippen molar-refractivity contribution >= 4 is 11.8 Å². The first-order chi connectivity index (χ1) is 13.1. The number of amides is 2. The number of hydrogen-bond acceptors (Lipinski definition) is 3. The van der Waals surface area contributed by atoms with E-state index in [1.54, 1.807) is 11.0 Å². The zero-order valence-corrected chi connectivity index (χ0v) is 16.0. The van der Waals surface area contributed by atoms with Crippen molar-refractivity contribution in [2.24, 2.45) is 0 Å². The molecule has 0 aliphatic carbocycles. The van der Waals surface area contributed by atoms with Gasteiger partial charge in [0.2, 0.25) is 0 Å². The number of hydrogen-bond donors (Lipinski definition) is 0. The van der Waals surface area contributed by atoms with Crippen LogP contribution < -0.4 is 0 Å². The van der Waals surface area contributed by atoms with Gasteiger partial charge in [-0.3, -0.25) is 14.5 Å². The third-order valence-corrected chi connectivity index (χ3v) is 6.32. The van der Waals surface area contributed by atoms with Crippen LogP contribution in [0.5, 0.6) is 0 Å². The molecule has 3 aliphatic heterocycles. The van der Waals surface area contributed by atoms with Gasteiger partial charge in [0, 0.05) is 43.3 Å². The Morgan fingerprint density at radius 3 is 2.70 bits per heavy atom. The average Bonchev–Trinajstić information content (AvgIpc) is 3.26. The average molecular weight is 373 g/mol. The van der Waals surface area contributed by atoms with Gasteiger partial charge >= 0.3 is 0 Å². The summed E-state index contributed by atoms with van der Waals surface area (Å²) in [5.41, 5.74) is 2.11. The van der Waals surface area contributed by atoms with Crippen LogP contribution in [0.1, 0.15) is 58.9 Å². The number of piperidine rings is 1. The van der Waals surface area contributed by atoms with E-state index in [0.29, 0.717) is 49.6 Å². The molecule has 0 spiro atoms. The number of nitrogens with zero attached hydrogens (tertiary/aromatic N) is 3. The summed E-state index contributed by atoms with van der Waals surface area (Å²) in [7, 11) is 0. The van der Waals surface area contributed by atoms with E-state index in [1.165, 1.54) is 6.42 Å². The summed E-state index contributed by atoms with van der Waals surface area (Å²) in [6, 6.07) is 5.85. The maximum Gasteiger partial charge on any atom is 0.254 e. The van der Waals surface area contributed by atoms with Crippen LogP contribution in [0.4, 0.5) is 4.39 Å². The smallest absolute Gasteiger partial charge is 0.254 e. The second-order valence-electron chi connectivity index (χ2n) is 7.91. The van der Waals surface area contributed by atoms with Gasteiger partial charge in [0.05, 0.1) is 0 Å². The maximum atomic E-state index is 13.4. The number of carbonyl (C=O) groups excluding carboxylic acids is 2. The molecular weight excluding hydrogens is 345 g/mol. The number of carbonyl (C=O) groups is 2. The zero-order valence-electron chi connectivity index (χ0n) is 16.0. The molecular formula is C21H28FN3O2. The predicted octanol–water partition coefficient (Wildman–Crippen LogP) is 2.70. The highest BCUT2D eigenvalue weighted by molar-refractivity contribution is 6.04. The van der Waals surface area contributed by atoms with Crippen LogP contribution >= 0.6 is 0 Å². The molecule has 146 valence electrons. The quantitative estimate of drug-likeness (QED) is 0.815. The molecule has 1 aromatic carbocycles. The summed E-state index contributed by atoms with van der Waals surface area (Å²) in [4.78, 5) is 32.0. The summed E-state index contributed by atoms with van der Waals surface area (Å²) in [5, 5.41) is 0. The van der Waals surface area contributed by atoms with Crippen molar-refractivity contribution in [1.29, 1.82) is 0 Å². The van der Waals surface area contributed by atoms with Gasteiger partial charge in [0.1, 0.15) is 6.17 Å². The van der Waals surface area contributed by atoms with E-state index in [2.05, 4.69) is 11.8 Å². The van der Waals surface area contributed by atoms with Crippen LogP contribution in [-0.4, -0.2) is 71.5 Å². The highest BCUT2D eigenvalue weighted by Crippen LogP contribution is 2.29. The molecule has 0 unspecified atom stereocenters. The molecule has 0 bridgehead atoms. The Balaban J connectivity index is 1.51. The Hall–Kier alpha value is -1.95. The minimum Gasteiger partial charge on any atom is -0.338 e. The minimum absolute atomic E-state index is 0.0325. The predicted molar refractivity (Wildman–Crippen MR) is 101 cm³/mol. The molecule has 2 saturated heterocycles. The third-order valence-electron chi connectivity index (χ3n) is 6.32. The highest BCUT2D eigenvalue weighted by Gasteiger charge is 2.35. The Labute approximate surface area is 160 Å². The van der Waals surface area contributed by atoms with E-state index >= 15 is 0 Å². The van der Waals surface area contributed by atoms with Crippen molar-refractivity contribution in [1.82, 2.24) is 14.7 Å². The van der Waals surface area contributed by atoms with E-state index in [1.807, 2.05) is 17.0 Å². The molecule has 2 fully saturated rings. The molecule has 2 amide bonds. The second-order valence-corrected chi connectivity index (χ2v) is 7.91. The van der Waals surface area contributed by atoms with Crippen molar-refractivity contribution in [3.8, 4) is 0 Å². The second kappa shape index (κ2) is 7.58. The molecule has 1 atom stereocenters. The summed E-state index contributed by atoms with van der Waals surface area (Å²) < 4.78 is 13.4. The molecule has 3 heterocycles. The van der Waals surface area contributed by atoms with E-state index in [4.69, 9.17) is 0 Å². The lowest BCUT2D eigenvalue weighted by Gasteiger charge is -2.29. The number of likely N-dealkylation sites (tertiary alicyclic amines) is 2. The normalized spacial score (nSPS) is 23.9. The number of fused-ring (bicyclic) bond motifs is 1. The van der Waals surface area contributed by atoms with Gasteiger partial charge < -0.3 is 9.80 Å². The SMILES string of the molecule is CCN1CCC[C@H]1CN1Cc2c(C(=O)N3CCC(F)CC3)cccc2C1=O. The lowest BCUT2D eigenvalue weighted by atomic mass is 10.0. The lowest BCUT2D eigenvalue weighted by molar-refractivity contribution is 0.0661. The maximum absolute atomic E-state index is 13.4. The van der Waals surface area contributed by atoms with Crippen LogP contribution in [-0.2, 0) is 6.54 Å². The Bertz CT molecular complexity index is 730. The number of halogens is 1. The van der Waals surface area contributed by atoms with Gasteiger partial charge in [0.25, 0.3) is 11.8 Å². The zero-order chi connectivity index (χ0) is 19.0. The lowest BCUT2D eigenvalue weighted by Crippen LogP contribution is -2.40. The van der Waals surface area contributed by atoms with Gasteiger partial charge in [-0.2, -0.15) is 0 Å². The topological polar surface area (TPSA) is 43.9 Å². The molecule has 1 aromatic rings. The van der Waals surface area contributed by atoms with Crippen LogP contribution in [0, 0.1) is 0 Å². The largest absolute Gasteiger partial charge is 0.338 e. The monoisotopic (exact) mass is 373 g/mol. The molecule has 6 heteroatoms. The fourth-order valence-electron chi connectivity index (χ4n) is 4.73. The molecule has 3 aliphatic rings. The minimum atomic E-state index is -0.805. The summed E-state index contributed by atoms with van der Waals surface area (Å²) in [6.45, 7) is 6.41. The fraction of sp³-hybridized carbons (Fsp3) is 0.619. The first-order valence-electron chi connectivity index (χ1n) is 10.2. The van der Waals surface area contributed by atoms with Gasteiger partial charge in [-0.1, -0.05) is 13.0 Å². The van der Waals surface area contributed by atoms with E-state index in [9.17, 15) is 14.0 Å². The third kappa shape index (κ3) is 3.47. The van der Waals surface area contributed by atoms with Crippen molar-refractivity contribution in [3.63, 3.8) is 0 Å². The van der Waals surface area contributed by atoms with Crippen LogP contribution in [0.15, 0.2) is 18.2 Å². The van der Waals surface area contributed by atoms with E-state index in [-0.39, 0.29) is 11.8 Å². The molecule has 0 N–H and O–H groups in total. The first-order valence-corrected chi connectivity index (χ1v) is 10.2. The van der Waals surface area contributed by atoms with E-state index in [0.717, 1.165) is 31.6 Å². The number of benzene rings is 1. The molecule has 4 rings (SSSR count). The van der Waals surface area contributed by atoms with Crippen molar-refractivity contribution in [2.75, 3.05) is 32.7 Å². The Morgan fingerprint density at radius 1 is 1.19 bits per heavy atom. The number of rotatable bonds is 4. The molecule has 0 aromatic heterocycles. The number of likely N-dealkylation sites (N-methyl/N-ethyl adjacent to an activating group) is 1. The number of alkyl halides is 1. The molecule has 0 saturated carbocycles. The summed E-state index contributed by atoms with van der Waals surface area (Å²) >= 11 is 0. The van der Waals surface area contributed by atoms with Gasteiger partial charge in [0.15, 0.2) is 0 Å².